The molecule has 33 heavy (non-hydrogen) atoms. The van der Waals surface area contributed by atoms with Crippen LogP contribution in [0.5, 0.6) is 0 Å². The van der Waals surface area contributed by atoms with Crippen molar-refractivity contribution in [3.8, 4) is 0 Å². The number of carbonyl (C=O) groups is 3. The fourth-order valence-corrected chi connectivity index (χ4v) is 4.47. The molecule has 1 saturated carbocycles. The second kappa shape index (κ2) is 8.98. The molecule has 4 N–H and O–H groups in total. The highest BCUT2D eigenvalue weighted by Gasteiger charge is 2.29. The molecule has 3 amide bonds. The van der Waals surface area contributed by atoms with Crippen molar-refractivity contribution in [3.63, 3.8) is 0 Å². The Bertz CT molecular complexity index is 1070. The van der Waals surface area contributed by atoms with Gasteiger partial charge in [0.2, 0.25) is 5.91 Å². The maximum absolute atomic E-state index is 13.2. The van der Waals surface area contributed by atoms with E-state index in [0.717, 1.165) is 31.2 Å². The molecule has 2 aromatic rings. The van der Waals surface area contributed by atoms with Crippen LogP contribution in [0.25, 0.3) is 0 Å². The van der Waals surface area contributed by atoms with Crippen LogP contribution in [0.2, 0.25) is 0 Å². The van der Waals surface area contributed by atoms with Gasteiger partial charge in [0, 0.05) is 23.2 Å². The van der Waals surface area contributed by atoms with Crippen molar-refractivity contribution in [2.45, 2.75) is 64.0 Å². The number of fused-ring (bicyclic) bond motifs is 1. The first-order valence-corrected chi connectivity index (χ1v) is 11.6. The molecule has 1 heterocycles. The molecule has 0 radical (unpaired) electrons. The zero-order chi connectivity index (χ0) is 23.8. The minimum absolute atomic E-state index is 0.0162. The lowest BCUT2D eigenvalue weighted by Gasteiger charge is -2.31. The van der Waals surface area contributed by atoms with Gasteiger partial charge in [0.15, 0.2) is 0 Å². The molecule has 0 aromatic heterocycles. The van der Waals surface area contributed by atoms with Gasteiger partial charge in [0.25, 0.3) is 11.8 Å². The van der Waals surface area contributed by atoms with Gasteiger partial charge in [-0.3, -0.25) is 19.3 Å². The SMILES string of the molecule is CC(C)(C)c1ccc(C(=O)N2CC(=O)Nc3cc(C(=O)NC4CCCCC4N)ccc32)cc1. The van der Waals surface area contributed by atoms with Crippen LogP contribution in [-0.2, 0) is 10.2 Å². The molecular formula is C26H32N4O3. The third-order valence-corrected chi connectivity index (χ3v) is 6.50. The van der Waals surface area contributed by atoms with Crippen LogP contribution in [0.4, 0.5) is 11.4 Å². The second-order valence-corrected chi connectivity index (χ2v) is 10.0. The maximum atomic E-state index is 13.2. The molecule has 2 unspecified atom stereocenters. The van der Waals surface area contributed by atoms with Gasteiger partial charge in [-0.1, -0.05) is 45.7 Å². The molecular weight excluding hydrogens is 416 g/mol. The molecule has 1 fully saturated rings. The Morgan fingerprint density at radius 1 is 1.03 bits per heavy atom. The van der Waals surface area contributed by atoms with Crippen molar-refractivity contribution in [1.29, 1.82) is 0 Å². The first kappa shape index (κ1) is 23.0. The first-order valence-electron chi connectivity index (χ1n) is 11.6. The Balaban J connectivity index is 1.56. The van der Waals surface area contributed by atoms with Gasteiger partial charge in [-0.15, -0.1) is 0 Å². The Hall–Kier alpha value is -3.19. The van der Waals surface area contributed by atoms with E-state index in [2.05, 4.69) is 31.4 Å². The smallest absolute Gasteiger partial charge is 0.258 e. The van der Waals surface area contributed by atoms with Crippen molar-refractivity contribution < 1.29 is 14.4 Å². The van der Waals surface area contributed by atoms with Crippen LogP contribution >= 0.6 is 0 Å². The highest BCUT2D eigenvalue weighted by molar-refractivity contribution is 6.15. The number of anilines is 2. The molecule has 1 aliphatic heterocycles. The summed E-state index contributed by atoms with van der Waals surface area (Å²) in [5.74, 6) is -0.776. The van der Waals surface area contributed by atoms with Gasteiger partial charge in [-0.05, 0) is 54.2 Å². The minimum Gasteiger partial charge on any atom is -0.348 e. The van der Waals surface area contributed by atoms with Crippen molar-refractivity contribution >= 4 is 29.1 Å². The van der Waals surface area contributed by atoms with Crippen LogP contribution in [0.1, 0.15) is 72.7 Å². The van der Waals surface area contributed by atoms with Gasteiger partial charge in [-0.2, -0.15) is 0 Å². The average Bonchev–Trinajstić information content (AvgIpc) is 2.78. The Kier molecular flexibility index (Phi) is 6.26. The molecule has 7 heteroatoms. The summed E-state index contributed by atoms with van der Waals surface area (Å²) in [4.78, 5) is 39.9. The summed E-state index contributed by atoms with van der Waals surface area (Å²) >= 11 is 0. The summed E-state index contributed by atoms with van der Waals surface area (Å²) in [6, 6.07) is 12.4. The third kappa shape index (κ3) is 4.93. The van der Waals surface area contributed by atoms with Crippen LogP contribution in [0.15, 0.2) is 42.5 Å². The summed E-state index contributed by atoms with van der Waals surface area (Å²) in [6.45, 7) is 6.27. The largest absolute Gasteiger partial charge is 0.348 e. The predicted molar refractivity (Wildman–Crippen MR) is 130 cm³/mol. The van der Waals surface area contributed by atoms with Gasteiger partial charge < -0.3 is 16.4 Å². The van der Waals surface area contributed by atoms with Crippen molar-refractivity contribution in [3.05, 3.63) is 59.2 Å². The van der Waals surface area contributed by atoms with Crippen LogP contribution in [0, 0.1) is 0 Å². The molecule has 0 bridgehead atoms. The summed E-state index contributed by atoms with van der Waals surface area (Å²) in [7, 11) is 0. The van der Waals surface area contributed by atoms with E-state index in [0.29, 0.717) is 22.5 Å². The highest BCUT2D eigenvalue weighted by atomic mass is 16.2. The minimum atomic E-state index is -0.297. The Morgan fingerprint density at radius 3 is 2.36 bits per heavy atom. The van der Waals surface area contributed by atoms with E-state index in [1.807, 2.05) is 12.1 Å². The normalized spacial score (nSPS) is 20.6. The monoisotopic (exact) mass is 448 g/mol. The number of hydrogen-bond acceptors (Lipinski definition) is 4. The molecule has 174 valence electrons. The second-order valence-electron chi connectivity index (χ2n) is 10.0. The number of benzene rings is 2. The molecule has 2 aliphatic rings. The van der Waals surface area contributed by atoms with E-state index in [9.17, 15) is 14.4 Å². The number of nitrogens with one attached hydrogen (secondary N) is 2. The zero-order valence-electron chi connectivity index (χ0n) is 19.5. The Labute approximate surface area is 194 Å². The molecule has 0 saturated heterocycles. The lowest BCUT2D eigenvalue weighted by atomic mass is 9.86. The number of rotatable bonds is 3. The van der Waals surface area contributed by atoms with Crippen LogP contribution < -0.4 is 21.3 Å². The number of nitrogens with two attached hydrogens (primary N) is 1. The topological polar surface area (TPSA) is 105 Å². The third-order valence-electron chi connectivity index (χ3n) is 6.50. The van der Waals surface area contributed by atoms with Crippen LogP contribution in [-0.4, -0.2) is 36.3 Å². The number of carbonyl (C=O) groups excluding carboxylic acids is 3. The van der Waals surface area contributed by atoms with E-state index in [1.54, 1.807) is 30.3 Å². The summed E-state index contributed by atoms with van der Waals surface area (Å²) in [6.07, 6.45) is 3.90. The molecule has 0 spiro atoms. The van der Waals surface area contributed by atoms with Gasteiger partial charge in [0.05, 0.1) is 11.4 Å². The molecule has 1 aliphatic carbocycles. The molecule has 4 rings (SSSR count). The van der Waals surface area contributed by atoms with E-state index in [4.69, 9.17) is 5.73 Å². The van der Waals surface area contributed by atoms with Crippen molar-refractivity contribution in [1.82, 2.24) is 5.32 Å². The van der Waals surface area contributed by atoms with Crippen LogP contribution in [0.3, 0.4) is 0 Å². The maximum Gasteiger partial charge on any atom is 0.258 e. The summed E-state index contributed by atoms with van der Waals surface area (Å²) < 4.78 is 0. The van der Waals surface area contributed by atoms with Gasteiger partial charge in [-0.25, -0.2) is 0 Å². The van der Waals surface area contributed by atoms with E-state index < -0.39 is 0 Å². The number of hydrogen-bond donors (Lipinski definition) is 3. The fraction of sp³-hybridized carbons (Fsp3) is 0.423. The summed E-state index contributed by atoms with van der Waals surface area (Å²) in [5, 5.41) is 5.82. The molecule has 2 aromatic carbocycles. The molecule has 2 atom stereocenters. The van der Waals surface area contributed by atoms with Crippen molar-refractivity contribution in [2.75, 3.05) is 16.8 Å². The van der Waals surface area contributed by atoms with E-state index >= 15 is 0 Å². The molecule has 7 nitrogen and oxygen atoms in total. The number of nitrogens with zero attached hydrogens (tertiary/aromatic N) is 1. The lowest BCUT2D eigenvalue weighted by molar-refractivity contribution is -0.115. The van der Waals surface area contributed by atoms with Gasteiger partial charge >= 0.3 is 0 Å². The Morgan fingerprint density at radius 2 is 1.70 bits per heavy atom. The standard InChI is InChI=1S/C26H32N4O3/c1-26(2,3)18-11-8-16(9-12-18)25(33)30-15-23(31)28-21-14-17(10-13-22(21)30)24(32)29-20-7-5-4-6-19(20)27/h8-14,19-20H,4-7,15,27H2,1-3H3,(H,28,31)(H,29,32). The quantitative estimate of drug-likeness (QED) is 0.667. The summed E-state index contributed by atoms with van der Waals surface area (Å²) in [5.41, 5.74) is 9.23. The van der Waals surface area contributed by atoms with E-state index in [-0.39, 0.29) is 41.8 Å². The van der Waals surface area contributed by atoms with Gasteiger partial charge in [0.1, 0.15) is 6.54 Å². The zero-order valence-corrected chi connectivity index (χ0v) is 19.5. The number of amides is 3. The predicted octanol–water partition coefficient (Wildman–Crippen LogP) is 3.58. The first-order chi connectivity index (χ1) is 15.6. The lowest BCUT2D eigenvalue weighted by Crippen LogP contribution is -2.49. The van der Waals surface area contributed by atoms with E-state index in [1.165, 1.54) is 4.90 Å². The van der Waals surface area contributed by atoms with Crippen molar-refractivity contribution in [2.24, 2.45) is 5.73 Å². The fourth-order valence-electron chi connectivity index (χ4n) is 4.47. The average molecular weight is 449 g/mol. The highest BCUT2D eigenvalue weighted by Crippen LogP contribution is 2.32.